The second-order valence-corrected chi connectivity index (χ2v) is 7.43. The van der Waals surface area contributed by atoms with E-state index in [4.69, 9.17) is 10.00 Å². The summed E-state index contributed by atoms with van der Waals surface area (Å²) in [4.78, 5) is 36.2. The van der Waals surface area contributed by atoms with Crippen molar-refractivity contribution in [2.45, 2.75) is 27.3 Å². The Morgan fingerprint density at radius 2 is 1.83 bits per heavy atom. The molecule has 3 aromatic rings. The lowest BCUT2D eigenvalue weighted by molar-refractivity contribution is 0.0531. The molecule has 0 unspecified atom stereocenters. The zero-order valence-corrected chi connectivity index (χ0v) is 17.7. The molecule has 0 N–H and O–H groups in total. The number of aromatic nitrogens is 2. The maximum Gasteiger partial charge on any atom is 0.350 e. The highest BCUT2D eigenvalue weighted by atomic mass is 32.1. The van der Waals surface area contributed by atoms with Gasteiger partial charge in [0, 0.05) is 0 Å². The lowest BCUT2D eigenvalue weighted by atomic mass is 10.2. The van der Waals surface area contributed by atoms with E-state index in [1.54, 1.807) is 26.8 Å². The Balaban J connectivity index is 2.02. The van der Waals surface area contributed by atoms with E-state index < -0.39 is 5.97 Å². The number of nitriles is 1. The van der Waals surface area contributed by atoms with Crippen molar-refractivity contribution in [3.05, 3.63) is 75.6 Å². The van der Waals surface area contributed by atoms with Crippen LogP contribution in [0, 0.1) is 25.2 Å². The van der Waals surface area contributed by atoms with E-state index in [0.717, 1.165) is 16.9 Å². The second kappa shape index (κ2) is 9.29. The molecular formula is C22H20N4O3S. The average Bonchev–Trinajstić information content (AvgIpc) is 3.14. The van der Waals surface area contributed by atoms with E-state index in [1.807, 2.05) is 36.4 Å². The van der Waals surface area contributed by atoms with Gasteiger partial charge in [0.25, 0.3) is 5.91 Å². The first kappa shape index (κ1) is 21.1. The molecule has 0 aliphatic heterocycles. The average molecular weight is 420 g/mol. The van der Waals surface area contributed by atoms with Gasteiger partial charge in [-0.25, -0.2) is 14.8 Å². The number of nitrogens with zero attached hydrogens (tertiary/aromatic N) is 4. The number of benzene rings is 1. The van der Waals surface area contributed by atoms with Crippen LogP contribution in [0.2, 0.25) is 0 Å². The minimum atomic E-state index is -0.460. The van der Waals surface area contributed by atoms with Gasteiger partial charge in [-0.2, -0.15) is 5.26 Å². The van der Waals surface area contributed by atoms with Crippen molar-refractivity contribution in [2.75, 3.05) is 11.5 Å². The molecule has 152 valence electrons. The SMILES string of the molecule is CCOC(=O)c1sc(N(Cc2ccccc2)C(=O)c2ccc(C#N)c(C)n2)nc1C. The Bertz CT molecular complexity index is 1120. The van der Waals surface area contributed by atoms with Crippen LogP contribution in [0.15, 0.2) is 42.5 Å². The molecule has 0 atom stereocenters. The van der Waals surface area contributed by atoms with Crippen molar-refractivity contribution in [1.29, 1.82) is 5.26 Å². The summed E-state index contributed by atoms with van der Waals surface area (Å²) >= 11 is 1.11. The molecule has 2 aromatic heterocycles. The highest BCUT2D eigenvalue weighted by Gasteiger charge is 2.26. The second-order valence-electron chi connectivity index (χ2n) is 6.45. The fraction of sp³-hybridized carbons (Fsp3) is 0.227. The molecule has 0 spiro atoms. The summed E-state index contributed by atoms with van der Waals surface area (Å²) in [5.41, 5.74) is 2.50. The maximum atomic E-state index is 13.3. The summed E-state index contributed by atoms with van der Waals surface area (Å²) in [6.45, 7) is 5.65. The fourth-order valence-corrected chi connectivity index (χ4v) is 3.77. The van der Waals surface area contributed by atoms with Crippen molar-refractivity contribution in [1.82, 2.24) is 9.97 Å². The highest BCUT2D eigenvalue weighted by Crippen LogP contribution is 2.29. The third kappa shape index (κ3) is 4.53. The fourth-order valence-electron chi connectivity index (χ4n) is 2.81. The van der Waals surface area contributed by atoms with Gasteiger partial charge in [-0.1, -0.05) is 41.7 Å². The van der Waals surface area contributed by atoms with Gasteiger partial charge < -0.3 is 4.74 Å². The molecule has 8 heteroatoms. The number of pyridine rings is 1. The normalized spacial score (nSPS) is 10.3. The highest BCUT2D eigenvalue weighted by molar-refractivity contribution is 7.17. The summed E-state index contributed by atoms with van der Waals surface area (Å²) in [5, 5.41) is 9.50. The predicted octanol–water partition coefficient (Wildman–Crippen LogP) is 4.05. The summed E-state index contributed by atoms with van der Waals surface area (Å²) in [5.74, 6) is -0.825. The summed E-state index contributed by atoms with van der Waals surface area (Å²) in [6.07, 6.45) is 0. The zero-order valence-electron chi connectivity index (χ0n) is 16.9. The first-order valence-electron chi connectivity index (χ1n) is 9.32. The molecular weight excluding hydrogens is 400 g/mol. The van der Waals surface area contributed by atoms with Crippen LogP contribution in [0.3, 0.4) is 0 Å². The molecule has 1 aromatic carbocycles. The number of hydrogen-bond donors (Lipinski definition) is 0. The molecule has 1 amide bonds. The minimum Gasteiger partial charge on any atom is -0.462 e. The maximum absolute atomic E-state index is 13.3. The Morgan fingerprint density at radius 1 is 1.10 bits per heavy atom. The Morgan fingerprint density at radius 3 is 2.47 bits per heavy atom. The Hall–Kier alpha value is -3.57. The van der Waals surface area contributed by atoms with Crippen molar-refractivity contribution in [3.63, 3.8) is 0 Å². The molecule has 2 heterocycles. The molecule has 30 heavy (non-hydrogen) atoms. The van der Waals surface area contributed by atoms with Gasteiger partial charge in [0.2, 0.25) is 0 Å². The molecule has 0 fully saturated rings. The van der Waals surface area contributed by atoms with Gasteiger partial charge in [-0.05, 0) is 38.5 Å². The molecule has 7 nitrogen and oxygen atoms in total. The van der Waals surface area contributed by atoms with Crippen LogP contribution in [0.5, 0.6) is 0 Å². The van der Waals surface area contributed by atoms with Crippen molar-refractivity contribution >= 4 is 28.3 Å². The number of thiazole rings is 1. The topological polar surface area (TPSA) is 96.2 Å². The molecule has 0 aliphatic rings. The monoisotopic (exact) mass is 420 g/mol. The molecule has 0 aliphatic carbocycles. The number of rotatable bonds is 6. The molecule has 3 rings (SSSR count). The number of amides is 1. The van der Waals surface area contributed by atoms with Crippen LogP contribution < -0.4 is 4.90 Å². The number of esters is 1. The van der Waals surface area contributed by atoms with Crippen molar-refractivity contribution < 1.29 is 14.3 Å². The van der Waals surface area contributed by atoms with Gasteiger partial charge in [-0.15, -0.1) is 0 Å². The smallest absolute Gasteiger partial charge is 0.350 e. The number of hydrogen-bond acceptors (Lipinski definition) is 7. The summed E-state index contributed by atoms with van der Waals surface area (Å²) in [7, 11) is 0. The standard InChI is InChI=1S/C22H20N4O3S/c1-4-29-21(28)19-15(3)25-22(30-19)26(13-16-8-6-5-7-9-16)20(27)18-11-10-17(12-23)14(2)24-18/h5-11H,4,13H2,1-3H3. The number of carbonyl (C=O) groups is 2. The van der Waals surface area contributed by atoms with Crippen LogP contribution in [0.1, 0.15) is 49.6 Å². The third-order valence-electron chi connectivity index (χ3n) is 4.33. The first-order chi connectivity index (χ1) is 14.4. The van der Waals surface area contributed by atoms with Gasteiger partial charge in [0.05, 0.1) is 30.1 Å². The van der Waals surface area contributed by atoms with Crippen molar-refractivity contribution in [2.24, 2.45) is 0 Å². The number of anilines is 1. The summed E-state index contributed by atoms with van der Waals surface area (Å²) in [6, 6.07) is 14.6. The van der Waals surface area contributed by atoms with Crippen LogP contribution in [-0.4, -0.2) is 28.5 Å². The zero-order chi connectivity index (χ0) is 21.7. The largest absolute Gasteiger partial charge is 0.462 e. The lowest BCUT2D eigenvalue weighted by Crippen LogP contribution is -2.31. The van der Waals surface area contributed by atoms with E-state index >= 15 is 0 Å². The van der Waals surface area contributed by atoms with Crippen molar-refractivity contribution in [3.8, 4) is 6.07 Å². The summed E-state index contributed by atoms with van der Waals surface area (Å²) < 4.78 is 5.09. The van der Waals surface area contributed by atoms with E-state index in [9.17, 15) is 9.59 Å². The van der Waals surface area contributed by atoms with Gasteiger partial charge in [0.15, 0.2) is 5.13 Å². The molecule has 0 saturated heterocycles. The van der Waals surface area contributed by atoms with E-state index in [1.165, 1.54) is 11.0 Å². The van der Waals surface area contributed by atoms with Crippen LogP contribution in [0.25, 0.3) is 0 Å². The van der Waals surface area contributed by atoms with E-state index in [2.05, 4.69) is 9.97 Å². The minimum absolute atomic E-state index is 0.202. The Labute approximate surface area is 178 Å². The number of aryl methyl sites for hydroxylation is 2. The first-order valence-corrected chi connectivity index (χ1v) is 10.1. The lowest BCUT2D eigenvalue weighted by Gasteiger charge is -2.20. The number of carbonyl (C=O) groups excluding carboxylic acids is 2. The van der Waals surface area contributed by atoms with E-state index in [-0.39, 0.29) is 24.8 Å². The predicted molar refractivity (Wildman–Crippen MR) is 113 cm³/mol. The molecule has 0 radical (unpaired) electrons. The quantitative estimate of drug-likeness (QED) is 0.558. The molecule has 0 saturated carbocycles. The van der Waals surface area contributed by atoms with E-state index in [0.29, 0.717) is 27.0 Å². The van der Waals surface area contributed by atoms with Crippen LogP contribution in [0.4, 0.5) is 5.13 Å². The Kier molecular flexibility index (Phi) is 6.54. The van der Waals surface area contributed by atoms with Gasteiger partial charge in [-0.3, -0.25) is 9.69 Å². The third-order valence-corrected chi connectivity index (χ3v) is 5.49. The van der Waals surface area contributed by atoms with Gasteiger partial charge in [0.1, 0.15) is 16.6 Å². The van der Waals surface area contributed by atoms with Gasteiger partial charge >= 0.3 is 5.97 Å². The number of ether oxygens (including phenoxy) is 1. The van der Waals surface area contributed by atoms with Crippen LogP contribution >= 0.6 is 11.3 Å². The molecule has 0 bridgehead atoms. The van der Waals surface area contributed by atoms with Crippen LogP contribution in [-0.2, 0) is 11.3 Å².